The molecule has 0 aromatic carbocycles. The van der Waals surface area contributed by atoms with E-state index in [0.29, 0.717) is 26.3 Å². The Balaban J connectivity index is 0.00000121. The van der Waals surface area contributed by atoms with Gasteiger partial charge in [-0.2, -0.15) is 0 Å². The van der Waals surface area contributed by atoms with Crippen molar-refractivity contribution in [2.24, 2.45) is 0 Å². The monoisotopic (exact) mass is 349 g/mol. The number of anilines is 1. The summed E-state index contributed by atoms with van der Waals surface area (Å²) in [5, 5.41) is 3.21. The molecule has 2 aliphatic rings. The number of rotatable bonds is 2. The molecule has 0 saturated carbocycles. The van der Waals surface area contributed by atoms with E-state index in [0.717, 1.165) is 25.5 Å². The van der Waals surface area contributed by atoms with Gasteiger partial charge in [0.2, 0.25) is 5.91 Å². The molecule has 2 saturated heterocycles. The van der Waals surface area contributed by atoms with Gasteiger partial charge < -0.3 is 19.9 Å². The van der Waals surface area contributed by atoms with Crippen molar-refractivity contribution in [2.45, 2.75) is 6.04 Å². The fourth-order valence-electron chi connectivity index (χ4n) is 2.55. The maximum Gasteiger partial charge on any atom is 0.242 e. The maximum absolute atomic E-state index is 12.3. The van der Waals surface area contributed by atoms with Crippen LogP contribution in [0.4, 0.5) is 5.82 Å². The molecule has 22 heavy (non-hydrogen) atoms. The number of amides is 1. The molecule has 9 heteroatoms. The Kier molecular flexibility index (Phi) is 7.81. The quantitative estimate of drug-likeness (QED) is 0.807. The van der Waals surface area contributed by atoms with Gasteiger partial charge in [-0.25, -0.2) is 4.98 Å². The largest absolute Gasteiger partial charge is 0.378 e. The van der Waals surface area contributed by atoms with Gasteiger partial charge in [0.1, 0.15) is 11.9 Å². The van der Waals surface area contributed by atoms with Crippen LogP contribution < -0.4 is 10.2 Å². The molecule has 2 fully saturated rings. The molecule has 0 aliphatic carbocycles. The molecule has 0 bridgehead atoms. The number of ether oxygens (including phenoxy) is 1. The molecule has 1 aromatic heterocycles. The second kappa shape index (κ2) is 9.09. The summed E-state index contributed by atoms with van der Waals surface area (Å²) < 4.78 is 5.35. The van der Waals surface area contributed by atoms with Crippen LogP contribution in [0.3, 0.4) is 0 Å². The van der Waals surface area contributed by atoms with Crippen LogP contribution in [0.15, 0.2) is 18.6 Å². The summed E-state index contributed by atoms with van der Waals surface area (Å²) in [6.45, 7) is 4.92. The van der Waals surface area contributed by atoms with Gasteiger partial charge in [-0.1, -0.05) is 0 Å². The van der Waals surface area contributed by atoms with Gasteiger partial charge in [0.15, 0.2) is 0 Å². The fraction of sp³-hybridized carbons (Fsp3) is 0.615. The standard InChI is InChI=1S/C13H19N5O2.2ClH/c19-13(11-10-20-8-3-15-11)18-6-4-17(5-7-18)12-9-14-1-2-16-12;;/h1-2,9,11,15H,3-8,10H2;2*1H. The molecule has 0 radical (unpaired) electrons. The molecular weight excluding hydrogens is 329 g/mol. The first kappa shape index (κ1) is 18.9. The molecule has 0 spiro atoms. The maximum atomic E-state index is 12.3. The second-order valence-corrected chi connectivity index (χ2v) is 4.96. The molecule has 2 aliphatic heterocycles. The van der Waals surface area contributed by atoms with Crippen molar-refractivity contribution in [2.75, 3.05) is 50.8 Å². The number of nitrogens with one attached hydrogen (secondary N) is 1. The minimum Gasteiger partial charge on any atom is -0.378 e. The number of aromatic nitrogens is 2. The number of carbonyl (C=O) groups excluding carboxylic acids is 1. The third kappa shape index (κ3) is 4.42. The van der Waals surface area contributed by atoms with Crippen LogP contribution >= 0.6 is 24.8 Å². The third-order valence-electron chi connectivity index (χ3n) is 3.68. The first-order chi connectivity index (χ1) is 9.84. The van der Waals surface area contributed by atoms with E-state index < -0.39 is 0 Å². The van der Waals surface area contributed by atoms with Crippen LogP contribution in [0.2, 0.25) is 0 Å². The molecule has 1 aromatic rings. The van der Waals surface area contributed by atoms with Crippen LogP contribution in [0.25, 0.3) is 0 Å². The van der Waals surface area contributed by atoms with E-state index in [9.17, 15) is 4.79 Å². The summed E-state index contributed by atoms with van der Waals surface area (Å²) >= 11 is 0. The molecule has 1 atom stereocenters. The predicted molar refractivity (Wildman–Crippen MR) is 87.9 cm³/mol. The molecule has 3 rings (SSSR count). The highest BCUT2D eigenvalue weighted by molar-refractivity contribution is 5.85. The fourth-order valence-corrected chi connectivity index (χ4v) is 2.55. The lowest BCUT2D eigenvalue weighted by molar-refractivity contribution is -0.136. The lowest BCUT2D eigenvalue weighted by Crippen LogP contribution is -2.57. The molecule has 1 unspecified atom stereocenters. The van der Waals surface area contributed by atoms with E-state index in [2.05, 4.69) is 20.2 Å². The molecule has 124 valence electrons. The van der Waals surface area contributed by atoms with E-state index in [1.54, 1.807) is 18.6 Å². The average molecular weight is 350 g/mol. The lowest BCUT2D eigenvalue weighted by atomic mass is 10.2. The number of hydrogen-bond donors (Lipinski definition) is 1. The molecule has 3 heterocycles. The van der Waals surface area contributed by atoms with Crippen molar-refractivity contribution >= 4 is 36.5 Å². The number of morpholine rings is 1. The van der Waals surface area contributed by atoms with Gasteiger partial charge in [-0.05, 0) is 0 Å². The van der Waals surface area contributed by atoms with E-state index in [1.165, 1.54) is 0 Å². The third-order valence-corrected chi connectivity index (χ3v) is 3.68. The zero-order valence-corrected chi connectivity index (χ0v) is 13.8. The number of nitrogens with zero attached hydrogens (tertiary/aromatic N) is 4. The average Bonchev–Trinajstić information content (AvgIpc) is 2.56. The highest BCUT2D eigenvalue weighted by Crippen LogP contribution is 2.12. The summed E-state index contributed by atoms with van der Waals surface area (Å²) in [6, 6.07) is -0.188. The zero-order valence-electron chi connectivity index (χ0n) is 12.2. The van der Waals surface area contributed by atoms with Gasteiger partial charge >= 0.3 is 0 Å². The Bertz CT molecular complexity index is 451. The zero-order chi connectivity index (χ0) is 13.8. The van der Waals surface area contributed by atoms with Crippen molar-refractivity contribution < 1.29 is 9.53 Å². The Morgan fingerprint density at radius 3 is 2.59 bits per heavy atom. The van der Waals surface area contributed by atoms with Crippen LogP contribution in [0, 0.1) is 0 Å². The number of halogens is 2. The van der Waals surface area contributed by atoms with Gasteiger partial charge in [0.05, 0.1) is 19.4 Å². The van der Waals surface area contributed by atoms with Gasteiger partial charge in [0.25, 0.3) is 0 Å². The normalized spacial score (nSPS) is 21.5. The van der Waals surface area contributed by atoms with Gasteiger partial charge in [0, 0.05) is 45.1 Å². The van der Waals surface area contributed by atoms with Crippen molar-refractivity contribution in [1.29, 1.82) is 0 Å². The minimum absolute atomic E-state index is 0. The Labute approximate surface area is 142 Å². The molecule has 1 N–H and O–H groups in total. The molecule has 1 amide bonds. The SMILES string of the molecule is Cl.Cl.O=C(C1COCCN1)N1CCN(c2cnccn2)CC1. The highest BCUT2D eigenvalue weighted by Gasteiger charge is 2.29. The Hall–Kier alpha value is -1.15. The number of hydrogen-bond acceptors (Lipinski definition) is 6. The van der Waals surface area contributed by atoms with E-state index in [1.807, 2.05) is 4.90 Å². The number of carbonyl (C=O) groups is 1. The second-order valence-electron chi connectivity index (χ2n) is 4.96. The van der Waals surface area contributed by atoms with E-state index in [-0.39, 0.29) is 36.8 Å². The van der Waals surface area contributed by atoms with Gasteiger partial charge in [-0.3, -0.25) is 9.78 Å². The Morgan fingerprint density at radius 2 is 2.00 bits per heavy atom. The first-order valence-electron chi connectivity index (χ1n) is 6.95. The van der Waals surface area contributed by atoms with Crippen molar-refractivity contribution in [3.05, 3.63) is 18.6 Å². The summed E-state index contributed by atoms with van der Waals surface area (Å²) in [6.07, 6.45) is 5.11. The van der Waals surface area contributed by atoms with Crippen molar-refractivity contribution in [3.8, 4) is 0 Å². The summed E-state index contributed by atoms with van der Waals surface area (Å²) in [5.74, 6) is 1.02. The smallest absolute Gasteiger partial charge is 0.242 e. The van der Waals surface area contributed by atoms with Crippen LogP contribution in [-0.4, -0.2) is 72.8 Å². The highest BCUT2D eigenvalue weighted by atomic mass is 35.5. The first-order valence-corrected chi connectivity index (χ1v) is 6.95. The molecular formula is C13H21Cl2N5O2. The van der Waals surface area contributed by atoms with Crippen LogP contribution in [0.5, 0.6) is 0 Å². The summed E-state index contributed by atoms with van der Waals surface area (Å²) in [5.41, 5.74) is 0. The van der Waals surface area contributed by atoms with Crippen molar-refractivity contribution in [3.63, 3.8) is 0 Å². The Morgan fingerprint density at radius 1 is 1.23 bits per heavy atom. The van der Waals surface area contributed by atoms with Crippen LogP contribution in [0.1, 0.15) is 0 Å². The van der Waals surface area contributed by atoms with Gasteiger partial charge in [-0.15, -0.1) is 24.8 Å². The predicted octanol–water partition coefficient (Wildman–Crippen LogP) is -0.0428. The number of piperazine rings is 1. The summed E-state index contributed by atoms with van der Waals surface area (Å²) in [7, 11) is 0. The minimum atomic E-state index is -0.188. The molecule has 7 nitrogen and oxygen atoms in total. The van der Waals surface area contributed by atoms with Crippen LogP contribution in [-0.2, 0) is 9.53 Å². The summed E-state index contributed by atoms with van der Waals surface area (Å²) in [4.78, 5) is 24.8. The lowest BCUT2D eigenvalue weighted by Gasteiger charge is -2.37. The topological polar surface area (TPSA) is 70.6 Å². The van der Waals surface area contributed by atoms with Crippen molar-refractivity contribution in [1.82, 2.24) is 20.2 Å². The van der Waals surface area contributed by atoms with E-state index in [4.69, 9.17) is 4.74 Å². The van der Waals surface area contributed by atoms with E-state index >= 15 is 0 Å².